The van der Waals surface area contributed by atoms with Gasteiger partial charge in [0.25, 0.3) is 5.69 Å². The van der Waals surface area contributed by atoms with Gasteiger partial charge in [-0.15, -0.1) is 0 Å². The number of nitrogens with two attached hydrogens (primary N) is 1. The lowest BCUT2D eigenvalue weighted by atomic mass is 10.2. The van der Waals surface area contributed by atoms with Crippen molar-refractivity contribution in [1.29, 1.82) is 0 Å². The summed E-state index contributed by atoms with van der Waals surface area (Å²) in [7, 11) is 0. The zero-order valence-electron chi connectivity index (χ0n) is 10.5. The fraction of sp³-hybridized carbons (Fsp3) is 0.500. The summed E-state index contributed by atoms with van der Waals surface area (Å²) in [6.07, 6.45) is 0. The molecule has 1 saturated heterocycles. The number of rotatable bonds is 2. The van der Waals surface area contributed by atoms with Crippen LogP contribution in [0.5, 0.6) is 0 Å². The van der Waals surface area contributed by atoms with E-state index in [1.807, 2.05) is 11.8 Å². The molecule has 2 rings (SSSR count). The molecule has 2 atom stereocenters. The first-order valence-corrected chi connectivity index (χ1v) is 6.86. The van der Waals surface area contributed by atoms with Crippen molar-refractivity contribution in [1.82, 2.24) is 0 Å². The standard InChI is InChI=1S/C12H17N3O2S/c1-8-6-14(7-9(2)18-8)10-3-4-12(15(16)17)11(13)5-10/h3-5,8-9H,6-7,13H2,1-2H3. The highest BCUT2D eigenvalue weighted by Gasteiger charge is 2.23. The van der Waals surface area contributed by atoms with E-state index in [0.29, 0.717) is 10.5 Å². The molecule has 0 aliphatic carbocycles. The van der Waals surface area contributed by atoms with E-state index >= 15 is 0 Å². The topological polar surface area (TPSA) is 72.4 Å². The number of hydrogen-bond acceptors (Lipinski definition) is 5. The Morgan fingerprint density at radius 3 is 2.50 bits per heavy atom. The van der Waals surface area contributed by atoms with Crippen molar-refractivity contribution in [3.8, 4) is 0 Å². The molecule has 2 unspecified atom stereocenters. The van der Waals surface area contributed by atoms with Gasteiger partial charge in [-0.25, -0.2) is 0 Å². The number of nitrogens with zero attached hydrogens (tertiary/aromatic N) is 2. The molecule has 0 aromatic heterocycles. The van der Waals surface area contributed by atoms with Crippen LogP contribution in [0, 0.1) is 10.1 Å². The van der Waals surface area contributed by atoms with Crippen molar-refractivity contribution >= 4 is 28.8 Å². The van der Waals surface area contributed by atoms with Crippen molar-refractivity contribution in [3.05, 3.63) is 28.3 Å². The van der Waals surface area contributed by atoms with Gasteiger partial charge in [-0.05, 0) is 12.1 Å². The van der Waals surface area contributed by atoms with Gasteiger partial charge in [-0.1, -0.05) is 13.8 Å². The molecule has 1 aromatic carbocycles. The first-order chi connectivity index (χ1) is 8.47. The zero-order valence-corrected chi connectivity index (χ0v) is 11.3. The molecular formula is C12H17N3O2S. The van der Waals surface area contributed by atoms with Crippen molar-refractivity contribution in [2.24, 2.45) is 0 Å². The van der Waals surface area contributed by atoms with Crippen LogP contribution in [0.1, 0.15) is 13.8 Å². The Labute approximate surface area is 110 Å². The summed E-state index contributed by atoms with van der Waals surface area (Å²) in [5.74, 6) is 0. The predicted molar refractivity (Wildman–Crippen MR) is 76.2 cm³/mol. The minimum atomic E-state index is -0.448. The third-order valence-corrected chi connectivity index (χ3v) is 4.22. The summed E-state index contributed by atoms with van der Waals surface area (Å²) in [5, 5.41) is 11.8. The van der Waals surface area contributed by atoms with Gasteiger partial charge in [-0.2, -0.15) is 11.8 Å². The number of hydrogen-bond donors (Lipinski definition) is 1. The molecule has 1 fully saturated rings. The summed E-state index contributed by atoms with van der Waals surface area (Å²) in [6.45, 7) is 6.29. The van der Waals surface area contributed by atoms with Gasteiger partial charge in [0.1, 0.15) is 5.69 Å². The molecule has 1 aromatic rings. The lowest BCUT2D eigenvalue weighted by Gasteiger charge is -2.36. The minimum Gasteiger partial charge on any atom is -0.393 e. The van der Waals surface area contributed by atoms with Crippen LogP contribution in [0.2, 0.25) is 0 Å². The lowest BCUT2D eigenvalue weighted by molar-refractivity contribution is -0.383. The number of nitro benzene ring substituents is 1. The summed E-state index contributed by atoms with van der Waals surface area (Å²) < 4.78 is 0. The number of nitrogen functional groups attached to an aromatic ring is 1. The van der Waals surface area contributed by atoms with Crippen molar-refractivity contribution in [2.45, 2.75) is 24.3 Å². The maximum Gasteiger partial charge on any atom is 0.292 e. The van der Waals surface area contributed by atoms with E-state index in [1.165, 1.54) is 6.07 Å². The Morgan fingerprint density at radius 1 is 1.39 bits per heavy atom. The molecule has 98 valence electrons. The summed E-state index contributed by atoms with van der Waals surface area (Å²) >= 11 is 1.97. The first kappa shape index (κ1) is 13.0. The van der Waals surface area contributed by atoms with Gasteiger partial charge < -0.3 is 10.6 Å². The Bertz CT molecular complexity index is 457. The number of anilines is 2. The lowest BCUT2D eigenvalue weighted by Crippen LogP contribution is -2.40. The highest BCUT2D eigenvalue weighted by Crippen LogP contribution is 2.32. The van der Waals surface area contributed by atoms with Crippen LogP contribution in [0.3, 0.4) is 0 Å². The normalized spacial score (nSPS) is 24.0. The SMILES string of the molecule is CC1CN(c2ccc([N+](=O)[O-])c(N)c2)CC(C)S1. The van der Waals surface area contributed by atoms with Crippen LogP contribution >= 0.6 is 11.8 Å². The highest BCUT2D eigenvalue weighted by molar-refractivity contribution is 8.00. The van der Waals surface area contributed by atoms with Crippen LogP contribution in [-0.4, -0.2) is 28.5 Å². The van der Waals surface area contributed by atoms with Crippen LogP contribution in [0.15, 0.2) is 18.2 Å². The molecule has 0 saturated carbocycles. The second kappa shape index (κ2) is 5.06. The van der Waals surface area contributed by atoms with Gasteiger partial charge >= 0.3 is 0 Å². The molecule has 5 nitrogen and oxygen atoms in total. The van der Waals surface area contributed by atoms with E-state index in [9.17, 15) is 10.1 Å². The molecule has 0 radical (unpaired) electrons. The first-order valence-electron chi connectivity index (χ1n) is 5.91. The van der Waals surface area contributed by atoms with Gasteiger partial charge in [0, 0.05) is 35.3 Å². The van der Waals surface area contributed by atoms with Crippen molar-refractivity contribution in [3.63, 3.8) is 0 Å². The number of nitro groups is 1. The van der Waals surface area contributed by atoms with Gasteiger partial charge in [0.2, 0.25) is 0 Å². The maximum atomic E-state index is 10.7. The Kier molecular flexibility index (Phi) is 3.65. The van der Waals surface area contributed by atoms with E-state index < -0.39 is 4.92 Å². The van der Waals surface area contributed by atoms with Gasteiger partial charge in [0.15, 0.2) is 0 Å². The molecule has 2 N–H and O–H groups in total. The quantitative estimate of drug-likeness (QED) is 0.506. The van der Waals surface area contributed by atoms with Crippen molar-refractivity contribution < 1.29 is 4.92 Å². The average molecular weight is 267 g/mol. The highest BCUT2D eigenvalue weighted by atomic mass is 32.2. The van der Waals surface area contributed by atoms with Gasteiger partial charge in [-0.3, -0.25) is 10.1 Å². The second-order valence-electron chi connectivity index (χ2n) is 4.66. The third-order valence-electron chi connectivity index (χ3n) is 2.99. The minimum absolute atomic E-state index is 0.0220. The fourth-order valence-corrected chi connectivity index (χ4v) is 3.62. The van der Waals surface area contributed by atoms with E-state index in [0.717, 1.165) is 18.8 Å². The molecule has 18 heavy (non-hydrogen) atoms. The zero-order chi connectivity index (χ0) is 13.3. The molecule has 1 aliphatic heterocycles. The Morgan fingerprint density at radius 2 is 2.00 bits per heavy atom. The molecule has 1 heterocycles. The van der Waals surface area contributed by atoms with Crippen LogP contribution in [0.25, 0.3) is 0 Å². The largest absolute Gasteiger partial charge is 0.393 e. The summed E-state index contributed by atoms with van der Waals surface area (Å²) in [5.41, 5.74) is 6.90. The predicted octanol–water partition coefficient (Wildman–Crippen LogP) is 2.51. The molecule has 6 heteroatoms. The van der Waals surface area contributed by atoms with E-state index in [4.69, 9.17) is 5.73 Å². The maximum absolute atomic E-state index is 10.7. The second-order valence-corrected chi connectivity index (χ2v) is 6.54. The van der Waals surface area contributed by atoms with Crippen LogP contribution < -0.4 is 10.6 Å². The number of thioether (sulfide) groups is 1. The molecule has 1 aliphatic rings. The molecule has 0 amide bonds. The van der Waals surface area contributed by atoms with Gasteiger partial charge in [0.05, 0.1) is 4.92 Å². The summed E-state index contributed by atoms with van der Waals surface area (Å²) in [6, 6.07) is 4.97. The average Bonchev–Trinajstić information content (AvgIpc) is 2.26. The Balaban J connectivity index is 2.23. The van der Waals surface area contributed by atoms with Crippen LogP contribution in [-0.2, 0) is 0 Å². The fourth-order valence-electron chi connectivity index (χ4n) is 2.29. The van der Waals surface area contributed by atoms with E-state index in [1.54, 1.807) is 12.1 Å². The smallest absolute Gasteiger partial charge is 0.292 e. The molecular weight excluding hydrogens is 250 g/mol. The van der Waals surface area contributed by atoms with E-state index in [-0.39, 0.29) is 11.4 Å². The van der Waals surface area contributed by atoms with Crippen molar-refractivity contribution in [2.75, 3.05) is 23.7 Å². The molecule has 0 spiro atoms. The molecule has 0 bridgehead atoms. The monoisotopic (exact) mass is 267 g/mol. The summed E-state index contributed by atoms with van der Waals surface area (Å²) in [4.78, 5) is 12.5. The van der Waals surface area contributed by atoms with E-state index in [2.05, 4.69) is 18.7 Å². The third kappa shape index (κ3) is 2.69. The Hall–Kier alpha value is -1.43. The van der Waals surface area contributed by atoms with Crippen LogP contribution in [0.4, 0.5) is 17.1 Å². The number of benzene rings is 1.